The lowest BCUT2D eigenvalue weighted by Crippen LogP contribution is -2.27. The van der Waals surface area contributed by atoms with Crippen LogP contribution in [0, 0.1) is 0 Å². The topological polar surface area (TPSA) is 49.3 Å². The molecule has 0 bridgehead atoms. The van der Waals surface area contributed by atoms with E-state index in [4.69, 9.17) is 11.6 Å². The van der Waals surface area contributed by atoms with Gasteiger partial charge in [0.05, 0.1) is 12.5 Å². The average molecular weight is 354 g/mol. The van der Waals surface area contributed by atoms with Crippen LogP contribution in [-0.2, 0) is 11.2 Å². The maximum absolute atomic E-state index is 12.0. The van der Waals surface area contributed by atoms with Crippen molar-refractivity contribution in [3.8, 4) is 0 Å². The summed E-state index contributed by atoms with van der Waals surface area (Å²) in [5.74, 6) is -0.0989. The Balaban J connectivity index is 1.56. The molecular formula is C21H20ClNO2. The number of hydrogen-bond acceptors (Lipinski definition) is 2. The average Bonchev–Trinajstić information content (AvgIpc) is 2.63. The predicted octanol–water partition coefficient (Wildman–Crippen LogP) is 4.28. The molecule has 0 saturated heterocycles. The van der Waals surface area contributed by atoms with Crippen molar-refractivity contribution in [3.05, 3.63) is 82.9 Å². The largest absolute Gasteiger partial charge is 0.388 e. The molecule has 0 radical (unpaired) electrons. The smallest absolute Gasteiger partial charge is 0.224 e. The molecule has 3 nitrogen and oxygen atoms in total. The second-order valence-electron chi connectivity index (χ2n) is 5.99. The summed E-state index contributed by atoms with van der Waals surface area (Å²) in [7, 11) is 0. The van der Waals surface area contributed by atoms with E-state index in [1.807, 2.05) is 60.7 Å². The summed E-state index contributed by atoms with van der Waals surface area (Å²) in [6.07, 6.45) is 0.0819. The summed E-state index contributed by atoms with van der Waals surface area (Å²) >= 11 is 6.07. The minimum Gasteiger partial charge on any atom is -0.388 e. The van der Waals surface area contributed by atoms with Crippen molar-refractivity contribution in [3.63, 3.8) is 0 Å². The molecule has 1 amide bonds. The molecule has 0 fully saturated rings. The normalized spacial score (nSPS) is 12.1. The van der Waals surface area contributed by atoms with Gasteiger partial charge in [-0.15, -0.1) is 0 Å². The van der Waals surface area contributed by atoms with Crippen LogP contribution >= 0.6 is 11.6 Å². The second kappa shape index (κ2) is 8.15. The summed E-state index contributed by atoms with van der Waals surface area (Å²) in [5, 5.41) is 16.1. The van der Waals surface area contributed by atoms with Crippen LogP contribution in [0.4, 0.5) is 0 Å². The maximum atomic E-state index is 12.0. The molecule has 0 saturated carbocycles. The minimum atomic E-state index is -0.619. The van der Waals surface area contributed by atoms with E-state index >= 15 is 0 Å². The molecule has 0 aliphatic heterocycles. The maximum Gasteiger partial charge on any atom is 0.224 e. The number of aliphatic hydroxyl groups is 1. The van der Waals surface area contributed by atoms with Gasteiger partial charge in [-0.3, -0.25) is 4.79 Å². The van der Waals surface area contributed by atoms with Crippen LogP contribution in [0.1, 0.15) is 23.7 Å². The number of amides is 1. The SMILES string of the molecule is O=C(Cc1ccccc1Cl)NCCC(O)c1cccc2ccccc12. The molecule has 0 heterocycles. The number of hydrogen-bond donors (Lipinski definition) is 2. The first-order valence-corrected chi connectivity index (χ1v) is 8.69. The van der Waals surface area contributed by atoms with Crippen LogP contribution in [0.15, 0.2) is 66.7 Å². The summed E-state index contributed by atoms with van der Waals surface area (Å²) in [5.41, 5.74) is 1.69. The van der Waals surface area contributed by atoms with E-state index in [9.17, 15) is 9.90 Å². The zero-order valence-corrected chi connectivity index (χ0v) is 14.5. The third-order valence-electron chi connectivity index (χ3n) is 4.23. The van der Waals surface area contributed by atoms with Gasteiger partial charge in [0, 0.05) is 11.6 Å². The van der Waals surface area contributed by atoms with Crippen molar-refractivity contribution < 1.29 is 9.90 Å². The summed E-state index contributed by atoms with van der Waals surface area (Å²) in [4.78, 5) is 12.0. The van der Waals surface area contributed by atoms with Crippen molar-refractivity contribution in [2.24, 2.45) is 0 Å². The predicted molar refractivity (Wildman–Crippen MR) is 102 cm³/mol. The van der Waals surface area contributed by atoms with Crippen LogP contribution in [0.5, 0.6) is 0 Å². The standard InChI is InChI=1S/C21H20ClNO2/c22-19-11-4-2-7-16(19)14-21(25)23-13-12-20(24)18-10-5-8-15-6-1-3-9-17(15)18/h1-11,20,24H,12-14H2,(H,23,25). The summed E-state index contributed by atoms with van der Waals surface area (Å²) in [6, 6.07) is 21.2. The Hall–Kier alpha value is -2.36. The first-order chi connectivity index (χ1) is 12.1. The third kappa shape index (κ3) is 4.38. The minimum absolute atomic E-state index is 0.0989. The fourth-order valence-corrected chi connectivity index (χ4v) is 3.12. The Labute approximate surface area is 152 Å². The second-order valence-corrected chi connectivity index (χ2v) is 6.40. The number of nitrogens with one attached hydrogen (secondary N) is 1. The first kappa shape index (κ1) is 17.5. The van der Waals surface area contributed by atoms with Gasteiger partial charge in [0.15, 0.2) is 0 Å². The number of rotatable bonds is 6. The molecule has 3 aromatic rings. The Morgan fingerprint density at radius 3 is 2.56 bits per heavy atom. The van der Waals surface area contributed by atoms with Crippen LogP contribution in [0.3, 0.4) is 0 Å². The van der Waals surface area contributed by atoms with E-state index in [0.29, 0.717) is 18.0 Å². The molecule has 3 aromatic carbocycles. The van der Waals surface area contributed by atoms with Gasteiger partial charge in [-0.25, -0.2) is 0 Å². The quantitative estimate of drug-likeness (QED) is 0.695. The van der Waals surface area contributed by atoms with Crippen LogP contribution in [0.2, 0.25) is 5.02 Å². The lowest BCUT2D eigenvalue weighted by molar-refractivity contribution is -0.120. The van der Waals surface area contributed by atoms with Crippen LogP contribution in [-0.4, -0.2) is 17.6 Å². The molecule has 3 rings (SSSR count). The number of carbonyl (C=O) groups is 1. The van der Waals surface area contributed by atoms with Crippen LogP contribution < -0.4 is 5.32 Å². The molecule has 1 atom stereocenters. The van der Waals surface area contributed by atoms with E-state index in [1.54, 1.807) is 6.07 Å². The Kier molecular flexibility index (Phi) is 5.69. The third-order valence-corrected chi connectivity index (χ3v) is 4.60. The van der Waals surface area contributed by atoms with Gasteiger partial charge in [0.25, 0.3) is 0 Å². The van der Waals surface area contributed by atoms with Crippen molar-refractivity contribution >= 4 is 28.3 Å². The zero-order chi connectivity index (χ0) is 17.6. The van der Waals surface area contributed by atoms with Gasteiger partial charge in [-0.2, -0.15) is 0 Å². The Morgan fingerprint density at radius 1 is 1.00 bits per heavy atom. The first-order valence-electron chi connectivity index (χ1n) is 8.31. The number of aliphatic hydroxyl groups excluding tert-OH is 1. The van der Waals surface area contributed by atoms with Gasteiger partial charge in [-0.1, -0.05) is 72.3 Å². The van der Waals surface area contributed by atoms with E-state index < -0.39 is 6.10 Å². The van der Waals surface area contributed by atoms with Gasteiger partial charge in [0.1, 0.15) is 0 Å². The van der Waals surface area contributed by atoms with Gasteiger partial charge in [0.2, 0.25) is 5.91 Å². The monoisotopic (exact) mass is 353 g/mol. The summed E-state index contributed by atoms with van der Waals surface area (Å²) < 4.78 is 0. The molecule has 0 aliphatic rings. The van der Waals surface area contributed by atoms with Crippen LogP contribution in [0.25, 0.3) is 10.8 Å². The fraction of sp³-hybridized carbons (Fsp3) is 0.190. The zero-order valence-electron chi connectivity index (χ0n) is 13.8. The van der Waals surface area contributed by atoms with E-state index in [1.165, 1.54) is 0 Å². The van der Waals surface area contributed by atoms with Crippen molar-refractivity contribution in [1.29, 1.82) is 0 Å². The highest BCUT2D eigenvalue weighted by Crippen LogP contribution is 2.25. The lowest BCUT2D eigenvalue weighted by Gasteiger charge is -2.14. The molecule has 0 aromatic heterocycles. The van der Waals surface area contributed by atoms with Crippen molar-refractivity contribution in [2.45, 2.75) is 18.9 Å². The molecule has 25 heavy (non-hydrogen) atoms. The highest BCUT2D eigenvalue weighted by Gasteiger charge is 2.12. The highest BCUT2D eigenvalue weighted by atomic mass is 35.5. The molecule has 4 heteroatoms. The number of benzene rings is 3. The van der Waals surface area contributed by atoms with Gasteiger partial charge in [-0.05, 0) is 34.4 Å². The number of fused-ring (bicyclic) bond motifs is 1. The van der Waals surface area contributed by atoms with Gasteiger partial charge < -0.3 is 10.4 Å². The lowest BCUT2D eigenvalue weighted by atomic mass is 9.99. The van der Waals surface area contributed by atoms with Crippen molar-refractivity contribution in [1.82, 2.24) is 5.32 Å². The number of halogens is 1. The summed E-state index contributed by atoms with van der Waals surface area (Å²) in [6.45, 7) is 0.410. The molecule has 1 unspecified atom stereocenters. The highest BCUT2D eigenvalue weighted by molar-refractivity contribution is 6.31. The molecular weight excluding hydrogens is 334 g/mol. The Morgan fingerprint density at radius 2 is 1.72 bits per heavy atom. The molecule has 0 aliphatic carbocycles. The van der Waals surface area contributed by atoms with E-state index in [-0.39, 0.29) is 12.3 Å². The molecule has 0 spiro atoms. The molecule has 2 N–H and O–H groups in total. The van der Waals surface area contributed by atoms with Gasteiger partial charge >= 0.3 is 0 Å². The number of carbonyl (C=O) groups excluding carboxylic acids is 1. The molecule has 128 valence electrons. The van der Waals surface area contributed by atoms with E-state index in [2.05, 4.69) is 5.32 Å². The van der Waals surface area contributed by atoms with E-state index in [0.717, 1.165) is 21.9 Å². The Bertz CT molecular complexity index is 873. The van der Waals surface area contributed by atoms with Crippen molar-refractivity contribution in [2.75, 3.05) is 6.54 Å². The fourth-order valence-electron chi connectivity index (χ4n) is 2.92.